The van der Waals surface area contributed by atoms with Gasteiger partial charge in [-0.2, -0.15) is 8.78 Å². The minimum absolute atomic E-state index is 0.105. The Morgan fingerprint density at radius 3 is 2.41 bits per heavy atom. The first-order valence-corrected chi connectivity index (χ1v) is 6.52. The normalized spacial score (nSPS) is 11.1. The molecule has 116 valence electrons. The molecule has 2 aromatic carbocycles. The van der Waals surface area contributed by atoms with Gasteiger partial charge in [-0.05, 0) is 43.3 Å². The summed E-state index contributed by atoms with van der Waals surface area (Å²) in [6, 6.07) is 10.0. The van der Waals surface area contributed by atoms with Gasteiger partial charge in [-0.3, -0.25) is 0 Å². The SMILES string of the molecule is CCOC(=O)C(F)(F)c1cccc(Oc2ccc(F)cc2)c1. The molecule has 0 fully saturated rings. The Morgan fingerprint density at radius 1 is 1.09 bits per heavy atom. The zero-order valence-corrected chi connectivity index (χ0v) is 11.7. The van der Waals surface area contributed by atoms with Crippen LogP contribution in [0.3, 0.4) is 0 Å². The summed E-state index contributed by atoms with van der Waals surface area (Å²) >= 11 is 0. The summed E-state index contributed by atoms with van der Waals surface area (Å²) in [5.41, 5.74) is -0.537. The highest BCUT2D eigenvalue weighted by Crippen LogP contribution is 2.33. The average Bonchev–Trinajstić information content (AvgIpc) is 2.50. The number of esters is 1. The number of benzene rings is 2. The van der Waals surface area contributed by atoms with E-state index in [0.29, 0.717) is 0 Å². The number of rotatable bonds is 5. The molecule has 0 aliphatic rings. The van der Waals surface area contributed by atoms with Crippen molar-refractivity contribution in [3.8, 4) is 11.5 Å². The van der Waals surface area contributed by atoms with Crippen LogP contribution in [0.4, 0.5) is 13.2 Å². The van der Waals surface area contributed by atoms with Crippen LogP contribution in [-0.2, 0) is 15.5 Å². The van der Waals surface area contributed by atoms with Crippen LogP contribution < -0.4 is 4.74 Å². The molecule has 0 bridgehead atoms. The van der Waals surface area contributed by atoms with Crippen molar-refractivity contribution in [3.05, 3.63) is 59.9 Å². The second-order valence-corrected chi connectivity index (χ2v) is 4.38. The minimum Gasteiger partial charge on any atom is -0.461 e. The Hall–Kier alpha value is -2.50. The van der Waals surface area contributed by atoms with E-state index in [2.05, 4.69) is 4.74 Å². The van der Waals surface area contributed by atoms with Gasteiger partial charge in [-0.15, -0.1) is 0 Å². The molecule has 22 heavy (non-hydrogen) atoms. The Morgan fingerprint density at radius 2 is 1.77 bits per heavy atom. The monoisotopic (exact) mass is 310 g/mol. The summed E-state index contributed by atoms with van der Waals surface area (Å²) in [4.78, 5) is 11.3. The van der Waals surface area contributed by atoms with Crippen molar-refractivity contribution < 1.29 is 27.4 Å². The van der Waals surface area contributed by atoms with Crippen LogP contribution in [0.2, 0.25) is 0 Å². The molecule has 0 spiro atoms. The van der Waals surface area contributed by atoms with Crippen molar-refractivity contribution in [2.24, 2.45) is 0 Å². The van der Waals surface area contributed by atoms with E-state index in [4.69, 9.17) is 4.74 Å². The number of carbonyl (C=O) groups excluding carboxylic acids is 1. The van der Waals surface area contributed by atoms with Gasteiger partial charge in [0.2, 0.25) is 0 Å². The van der Waals surface area contributed by atoms with Gasteiger partial charge in [0, 0.05) is 5.56 Å². The largest absolute Gasteiger partial charge is 0.461 e. The highest BCUT2D eigenvalue weighted by Gasteiger charge is 2.42. The van der Waals surface area contributed by atoms with Crippen LogP contribution in [0.5, 0.6) is 11.5 Å². The lowest BCUT2D eigenvalue weighted by molar-refractivity contribution is -0.173. The van der Waals surface area contributed by atoms with Crippen LogP contribution in [0.25, 0.3) is 0 Å². The molecule has 0 unspecified atom stereocenters. The van der Waals surface area contributed by atoms with Crippen molar-refractivity contribution in [2.45, 2.75) is 12.8 Å². The third-order valence-electron chi connectivity index (χ3n) is 2.78. The van der Waals surface area contributed by atoms with E-state index in [1.165, 1.54) is 43.3 Å². The average molecular weight is 310 g/mol. The number of halogens is 3. The molecule has 0 aliphatic carbocycles. The molecule has 0 saturated heterocycles. The molecule has 0 saturated carbocycles. The summed E-state index contributed by atoms with van der Waals surface area (Å²) in [5.74, 6) is -5.42. The minimum atomic E-state index is -3.77. The second-order valence-electron chi connectivity index (χ2n) is 4.38. The van der Waals surface area contributed by atoms with E-state index >= 15 is 0 Å². The van der Waals surface area contributed by atoms with E-state index in [1.807, 2.05) is 0 Å². The maximum atomic E-state index is 13.9. The lowest BCUT2D eigenvalue weighted by Crippen LogP contribution is -2.28. The van der Waals surface area contributed by atoms with E-state index in [9.17, 15) is 18.0 Å². The van der Waals surface area contributed by atoms with Gasteiger partial charge in [0.15, 0.2) is 0 Å². The van der Waals surface area contributed by atoms with Crippen LogP contribution in [0.1, 0.15) is 12.5 Å². The van der Waals surface area contributed by atoms with Gasteiger partial charge >= 0.3 is 11.9 Å². The highest BCUT2D eigenvalue weighted by atomic mass is 19.3. The fourth-order valence-electron chi connectivity index (χ4n) is 1.73. The molecule has 0 atom stereocenters. The molecule has 0 N–H and O–H groups in total. The Labute approximate surface area is 125 Å². The zero-order chi connectivity index (χ0) is 16.2. The smallest absolute Gasteiger partial charge is 0.381 e. The van der Waals surface area contributed by atoms with E-state index in [1.54, 1.807) is 0 Å². The predicted octanol–water partition coefficient (Wildman–Crippen LogP) is 4.27. The Kier molecular flexibility index (Phi) is 4.70. The first-order chi connectivity index (χ1) is 10.4. The van der Waals surface area contributed by atoms with E-state index in [0.717, 1.165) is 12.1 Å². The molecule has 2 rings (SSSR count). The number of hydrogen-bond acceptors (Lipinski definition) is 3. The molecule has 0 aliphatic heterocycles. The number of carbonyl (C=O) groups is 1. The third kappa shape index (κ3) is 3.58. The van der Waals surface area contributed by atoms with Crippen LogP contribution in [0.15, 0.2) is 48.5 Å². The maximum absolute atomic E-state index is 13.9. The van der Waals surface area contributed by atoms with Gasteiger partial charge in [0.1, 0.15) is 17.3 Å². The van der Waals surface area contributed by atoms with Gasteiger partial charge in [-0.25, -0.2) is 9.18 Å². The number of alkyl halides is 2. The van der Waals surface area contributed by atoms with Crippen molar-refractivity contribution in [2.75, 3.05) is 6.61 Å². The summed E-state index contributed by atoms with van der Waals surface area (Å²) in [6.45, 7) is 1.31. The van der Waals surface area contributed by atoms with Gasteiger partial charge in [0.05, 0.1) is 6.61 Å². The summed E-state index contributed by atoms with van der Waals surface area (Å²) in [6.07, 6.45) is 0. The fraction of sp³-hybridized carbons (Fsp3) is 0.188. The molecule has 0 aromatic heterocycles. The van der Waals surface area contributed by atoms with Crippen molar-refractivity contribution >= 4 is 5.97 Å². The summed E-state index contributed by atoms with van der Waals surface area (Å²) in [5, 5.41) is 0. The third-order valence-corrected chi connectivity index (χ3v) is 2.78. The number of hydrogen-bond donors (Lipinski definition) is 0. The van der Waals surface area contributed by atoms with E-state index < -0.39 is 23.3 Å². The first kappa shape index (κ1) is 15.9. The fourth-order valence-corrected chi connectivity index (χ4v) is 1.73. The molecule has 2 aromatic rings. The first-order valence-electron chi connectivity index (χ1n) is 6.52. The molecular weight excluding hydrogens is 297 g/mol. The predicted molar refractivity (Wildman–Crippen MR) is 73.4 cm³/mol. The topological polar surface area (TPSA) is 35.5 Å². The standard InChI is InChI=1S/C16H13F3O3/c1-2-21-15(20)16(18,19)11-4-3-5-14(10-11)22-13-8-6-12(17)7-9-13/h3-10H,2H2,1H3. The summed E-state index contributed by atoms with van der Waals surface area (Å²) < 4.78 is 50.4. The molecule has 0 amide bonds. The van der Waals surface area contributed by atoms with Crippen LogP contribution in [0, 0.1) is 5.82 Å². The second kappa shape index (κ2) is 6.51. The number of ether oxygens (including phenoxy) is 2. The quantitative estimate of drug-likeness (QED) is 0.774. The molecule has 0 radical (unpaired) electrons. The Bertz CT molecular complexity index is 654. The molecule has 0 heterocycles. The lowest BCUT2D eigenvalue weighted by Gasteiger charge is -2.16. The molecule has 3 nitrogen and oxygen atoms in total. The summed E-state index contributed by atoms with van der Waals surface area (Å²) in [7, 11) is 0. The zero-order valence-electron chi connectivity index (χ0n) is 11.7. The van der Waals surface area contributed by atoms with Crippen molar-refractivity contribution in [3.63, 3.8) is 0 Å². The Balaban J connectivity index is 2.22. The molecule has 6 heteroatoms. The lowest BCUT2D eigenvalue weighted by atomic mass is 10.1. The van der Waals surface area contributed by atoms with E-state index in [-0.39, 0.29) is 18.1 Å². The van der Waals surface area contributed by atoms with Gasteiger partial charge < -0.3 is 9.47 Å². The van der Waals surface area contributed by atoms with Crippen molar-refractivity contribution in [1.82, 2.24) is 0 Å². The van der Waals surface area contributed by atoms with Crippen LogP contribution in [-0.4, -0.2) is 12.6 Å². The van der Waals surface area contributed by atoms with Gasteiger partial charge in [0.25, 0.3) is 0 Å². The highest BCUT2D eigenvalue weighted by molar-refractivity contribution is 5.79. The molecular formula is C16H13F3O3. The van der Waals surface area contributed by atoms with Gasteiger partial charge in [-0.1, -0.05) is 12.1 Å². The van der Waals surface area contributed by atoms with Crippen LogP contribution >= 0.6 is 0 Å². The maximum Gasteiger partial charge on any atom is 0.381 e. The van der Waals surface area contributed by atoms with Crippen molar-refractivity contribution in [1.29, 1.82) is 0 Å².